The molecule has 2 rings (SSSR count). The fourth-order valence-corrected chi connectivity index (χ4v) is 3.53. The van der Waals surface area contributed by atoms with Gasteiger partial charge in [0.2, 0.25) is 0 Å². The van der Waals surface area contributed by atoms with Crippen molar-refractivity contribution < 1.29 is 14.6 Å². The number of rotatable bonds is 4. The van der Waals surface area contributed by atoms with E-state index in [2.05, 4.69) is 12.1 Å². The quantitative estimate of drug-likeness (QED) is 0.844. The number of carbonyl (C=O) groups is 1. The second-order valence-corrected chi connectivity index (χ2v) is 6.16. The second-order valence-electron chi connectivity index (χ2n) is 6.16. The average molecular weight is 290 g/mol. The predicted octanol–water partition coefficient (Wildman–Crippen LogP) is 4.24. The third kappa shape index (κ3) is 3.78. The van der Waals surface area contributed by atoms with E-state index in [1.165, 1.54) is 18.4 Å². The predicted molar refractivity (Wildman–Crippen MR) is 83.5 cm³/mol. The zero-order chi connectivity index (χ0) is 15.4. The molecule has 0 bridgehead atoms. The molecule has 1 saturated carbocycles. The topological polar surface area (TPSA) is 46.5 Å². The summed E-state index contributed by atoms with van der Waals surface area (Å²) in [6.45, 7) is 6.18. The van der Waals surface area contributed by atoms with Crippen LogP contribution < -0.4 is 0 Å². The summed E-state index contributed by atoms with van der Waals surface area (Å²) in [6.07, 6.45) is 5.12. The number of carbonyl (C=O) groups excluding carboxylic acids is 1. The summed E-state index contributed by atoms with van der Waals surface area (Å²) in [5, 5.41) is 9.94. The van der Waals surface area contributed by atoms with E-state index >= 15 is 0 Å². The Morgan fingerprint density at radius 1 is 1.24 bits per heavy atom. The van der Waals surface area contributed by atoms with E-state index < -0.39 is 0 Å². The van der Waals surface area contributed by atoms with E-state index in [4.69, 9.17) is 4.74 Å². The van der Waals surface area contributed by atoms with E-state index in [1.54, 1.807) is 0 Å². The molecule has 1 fully saturated rings. The first-order valence-electron chi connectivity index (χ1n) is 7.98. The summed E-state index contributed by atoms with van der Waals surface area (Å²) < 4.78 is 5.12. The number of benzene rings is 1. The summed E-state index contributed by atoms with van der Waals surface area (Å²) in [5.41, 5.74) is 3.10. The fourth-order valence-electron chi connectivity index (χ4n) is 3.53. The molecular weight excluding hydrogens is 264 g/mol. The van der Waals surface area contributed by atoms with E-state index in [9.17, 15) is 9.90 Å². The van der Waals surface area contributed by atoms with Crippen molar-refractivity contribution in [2.75, 3.05) is 6.61 Å². The molecule has 0 amide bonds. The molecule has 1 N–H and O–H groups in total. The number of phenols is 1. The zero-order valence-corrected chi connectivity index (χ0v) is 13.3. The monoisotopic (exact) mass is 290 g/mol. The summed E-state index contributed by atoms with van der Waals surface area (Å²) >= 11 is 0. The minimum Gasteiger partial charge on any atom is -0.507 e. The summed E-state index contributed by atoms with van der Waals surface area (Å²) in [7, 11) is 0. The van der Waals surface area contributed by atoms with Crippen LogP contribution in [0.25, 0.3) is 0 Å². The van der Waals surface area contributed by atoms with Crippen LogP contribution in [0.5, 0.6) is 5.75 Å². The molecule has 1 aliphatic carbocycles. The molecule has 1 aromatic carbocycles. The number of hydrogen-bond donors (Lipinski definition) is 1. The first kappa shape index (κ1) is 15.9. The van der Waals surface area contributed by atoms with Crippen LogP contribution in [-0.4, -0.2) is 17.7 Å². The molecule has 1 aliphatic rings. The van der Waals surface area contributed by atoms with Crippen LogP contribution in [0, 0.1) is 19.8 Å². The highest BCUT2D eigenvalue weighted by Gasteiger charge is 2.29. The van der Waals surface area contributed by atoms with Crippen LogP contribution in [0.4, 0.5) is 0 Å². The van der Waals surface area contributed by atoms with Crippen molar-refractivity contribution in [3.05, 3.63) is 28.8 Å². The largest absolute Gasteiger partial charge is 0.507 e. The number of esters is 1. The lowest BCUT2D eigenvalue weighted by atomic mass is 9.73. The Hall–Kier alpha value is -1.51. The average Bonchev–Trinajstić information content (AvgIpc) is 2.45. The second kappa shape index (κ2) is 6.97. The van der Waals surface area contributed by atoms with Crippen LogP contribution in [0.2, 0.25) is 0 Å². The van der Waals surface area contributed by atoms with E-state index in [-0.39, 0.29) is 5.97 Å². The Kier molecular flexibility index (Phi) is 5.27. The van der Waals surface area contributed by atoms with Gasteiger partial charge in [0, 0.05) is 6.42 Å². The molecule has 1 aromatic rings. The van der Waals surface area contributed by atoms with Crippen LogP contribution in [0.15, 0.2) is 12.1 Å². The standard InChI is InChI=1S/C18H26O3/c1-4-21-17(19)11-14-7-5-6-8-16(14)15-9-12(2)18(20)13(3)10-15/h9-10,14,16,20H,4-8,11H2,1-3H3/t14-,16+/m0/s1. The van der Waals surface area contributed by atoms with E-state index in [1.807, 2.05) is 20.8 Å². The Labute approximate surface area is 127 Å². The Morgan fingerprint density at radius 2 is 1.86 bits per heavy atom. The SMILES string of the molecule is CCOC(=O)C[C@@H]1CCCC[C@H]1c1cc(C)c(O)c(C)c1. The highest BCUT2D eigenvalue weighted by molar-refractivity contribution is 5.69. The third-order valence-electron chi connectivity index (χ3n) is 4.58. The van der Waals surface area contributed by atoms with Crippen LogP contribution in [0.1, 0.15) is 61.6 Å². The fraction of sp³-hybridized carbons (Fsp3) is 0.611. The van der Waals surface area contributed by atoms with Crippen LogP contribution in [-0.2, 0) is 9.53 Å². The van der Waals surface area contributed by atoms with Gasteiger partial charge in [0.1, 0.15) is 5.75 Å². The Morgan fingerprint density at radius 3 is 2.48 bits per heavy atom. The van der Waals surface area contributed by atoms with E-state index in [0.717, 1.165) is 24.0 Å². The smallest absolute Gasteiger partial charge is 0.306 e. The van der Waals surface area contributed by atoms with Gasteiger partial charge < -0.3 is 9.84 Å². The van der Waals surface area contributed by atoms with Crippen molar-refractivity contribution in [1.82, 2.24) is 0 Å². The van der Waals surface area contributed by atoms with Crippen molar-refractivity contribution in [1.29, 1.82) is 0 Å². The molecule has 116 valence electrons. The lowest BCUT2D eigenvalue weighted by molar-refractivity contribution is -0.144. The van der Waals surface area contributed by atoms with Gasteiger partial charge in [-0.25, -0.2) is 0 Å². The van der Waals surface area contributed by atoms with Gasteiger partial charge in [-0.15, -0.1) is 0 Å². The molecule has 0 aliphatic heterocycles. The summed E-state index contributed by atoms with van der Waals surface area (Å²) in [5.74, 6) is 1.07. The molecule has 0 heterocycles. The number of ether oxygens (including phenoxy) is 1. The molecule has 2 atom stereocenters. The normalized spacial score (nSPS) is 22.0. The first-order valence-corrected chi connectivity index (χ1v) is 7.98. The third-order valence-corrected chi connectivity index (χ3v) is 4.58. The number of aryl methyl sites for hydroxylation is 2. The van der Waals surface area contributed by atoms with Gasteiger partial charge in [0.05, 0.1) is 6.61 Å². The molecule has 0 unspecified atom stereocenters. The highest BCUT2D eigenvalue weighted by Crippen LogP contribution is 2.41. The highest BCUT2D eigenvalue weighted by atomic mass is 16.5. The van der Waals surface area contributed by atoms with Crippen LogP contribution >= 0.6 is 0 Å². The summed E-state index contributed by atoms with van der Waals surface area (Å²) in [4.78, 5) is 11.8. The maximum atomic E-state index is 11.8. The van der Waals surface area contributed by atoms with Gasteiger partial charge in [-0.1, -0.05) is 25.0 Å². The minimum atomic E-state index is -0.0818. The molecule has 0 aromatic heterocycles. The van der Waals surface area contributed by atoms with Gasteiger partial charge in [0.25, 0.3) is 0 Å². The summed E-state index contributed by atoms with van der Waals surface area (Å²) in [6, 6.07) is 4.16. The number of hydrogen-bond acceptors (Lipinski definition) is 3. The number of aromatic hydroxyl groups is 1. The molecule has 0 spiro atoms. The molecular formula is C18H26O3. The van der Waals surface area contributed by atoms with Crippen molar-refractivity contribution in [3.8, 4) is 5.75 Å². The first-order chi connectivity index (χ1) is 10.0. The molecule has 0 saturated heterocycles. The van der Waals surface area contributed by atoms with E-state index in [0.29, 0.717) is 30.6 Å². The van der Waals surface area contributed by atoms with Gasteiger partial charge >= 0.3 is 5.97 Å². The number of phenolic OH excluding ortho intramolecular Hbond substituents is 1. The molecule has 21 heavy (non-hydrogen) atoms. The Balaban J connectivity index is 2.20. The van der Waals surface area contributed by atoms with Crippen LogP contribution in [0.3, 0.4) is 0 Å². The van der Waals surface area contributed by atoms with Crippen molar-refractivity contribution >= 4 is 5.97 Å². The minimum absolute atomic E-state index is 0.0818. The van der Waals surface area contributed by atoms with Crippen molar-refractivity contribution in [2.24, 2.45) is 5.92 Å². The van der Waals surface area contributed by atoms with Gasteiger partial charge in [-0.05, 0) is 62.1 Å². The van der Waals surface area contributed by atoms with Crippen molar-refractivity contribution in [3.63, 3.8) is 0 Å². The maximum Gasteiger partial charge on any atom is 0.306 e. The molecule has 3 heteroatoms. The lowest BCUT2D eigenvalue weighted by Gasteiger charge is -2.32. The lowest BCUT2D eigenvalue weighted by Crippen LogP contribution is -2.22. The molecule has 0 radical (unpaired) electrons. The Bertz CT molecular complexity index is 484. The van der Waals surface area contributed by atoms with Gasteiger partial charge in [-0.3, -0.25) is 4.79 Å². The maximum absolute atomic E-state index is 11.8. The zero-order valence-electron chi connectivity index (χ0n) is 13.3. The van der Waals surface area contributed by atoms with Crippen molar-refractivity contribution in [2.45, 2.75) is 58.8 Å². The molecule has 3 nitrogen and oxygen atoms in total. The van der Waals surface area contributed by atoms with Gasteiger partial charge in [-0.2, -0.15) is 0 Å². The van der Waals surface area contributed by atoms with Gasteiger partial charge in [0.15, 0.2) is 0 Å².